The molecule has 0 radical (unpaired) electrons. The van der Waals surface area contributed by atoms with E-state index < -0.39 is 20.0 Å². The van der Waals surface area contributed by atoms with Crippen molar-refractivity contribution in [1.82, 2.24) is 0 Å². The minimum absolute atomic E-state index is 0.670. The van der Waals surface area contributed by atoms with E-state index >= 15 is 0 Å². The first kappa shape index (κ1) is 30.9. The third kappa shape index (κ3) is 5.62. The van der Waals surface area contributed by atoms with Crippen LogP contribution in [0.1, 0.15) is 95.1 Å². The van der Waals surface area contributed by atoms with Crippen LogP contribution in [0.2, 0.25) is 8.35 Å². The van der Waals surface area contributed by atoms with Crippen LogP contribution in [0.4, 0.5) is 0 Å². The molecule has 0 saturated carbocycles. The van der Waals surface area contributed by atoms with E-state index in [-0.39, 0.29) is 0 Å². The van der Waals surface area contributed by atoms with Crippen molar-refractivity contribution < 1.29 is 20.0 Å². The van der Waals surface area contributed by atoms with Crippen LogP contribution in [0.15, 0.2) is 96.1 Å². The normalized spacial score (nSPS) is 19.5. The van der Waals surface area contributed by atoms with Gasteiger partial charge in [-0.05, 0) is 0 Å². The molecule has 1 aliphatic heterocycles. The fourth-order valence-electron chi connectivity index (χ4n) is 8.81. The van der Waals surface area contributed by atoms with Gasteiger partial charge in [0.05, 0.1) is 0 Å². The molecule has 2 atom stereocenters. The second kappa shape index (κ2) is 12.4. The van der Waals surface area contributed by atoms with Gasteiger partial charge in [0.1, 0.15) is 0 Å². The van der Waals surface area contributed by atoms with E-state index in [4.69, 9.17) is 0 Å². The zero-order chi connectivity index (χ0) is 31.3. The first-order valence-electron chi connectivity index (χ1n) is 17.7. The van der Waals surface area contributed by atoms with Crippen LogP contribution < -0.4 is 0 Å². The molecule has 2 aliphatic carbocycles. The van der Waals surface area contributed by atoms with Gasteiger partial charge in [0, 0.05) is 0 Å². The van der Waals surface area contributed by atoms with Crippen LogP contribution in [-0.4, -0.2) is 0 Å². The van der Waals surface area contributed by atoms with Crippen molar-refractivity contribution in [3.8, 4) is 22.3 Å². The zero-order valence-electron chi connectivity index (χ0n) is 28.3. The van der Waals surface area contributed by atoms with Gasteiger partial charge in [-0.2, -0.15) is 0 Å². The van der Waals surface area contributed by atoms with Gasteiger partial charge in [0.2, 0.25) is 0 Å². The molecular formula is C44H50Hf. The van der Waals surface area contributed by atoms with Crippen LogP contribution >= 0.6 is 0 Å². The van der Waals surface area contributed by atoms with Gasteiger partial charge in [-0.25, -0.2) is 0 Å². The number of fused-ring (bicyclic) bond motifs is 2. The molecule has 45 heavy (non-hydrogen) atoms. The number of rotatable bonds is 10. The van der Waals surface area contributed by atoms with E-state index in [1.54, 1.807) is 22.3 Å². The van der Waals surface area contributed by atoms with Crippen molar-refractivity contribution >= 4 is 12.2 Å². The van der Waals surface area contributed by atoms with E-state index in [0.29, 0.717) is 19.2 Å². The standard InChI is InChI=1S/2C21H23.C2H4.Hf/c2*1-4-16-8-10-18(11-9-16)20-7-5-6-19-13-17(12-15(2)3)14-21(19)20;1-2;/h2*5-11,13-15H,4,12H2,1-3H3;1-2H2;. The molecule has 2 unspecified atom stereocenters. The summed E-state index contributed by atoms with van der Waals surface area (Å²) in [6, 6.07) is 33.3. The summed E-state index contributed by atoms with van der Waals surface area (Å²) < 4.78 is 4.45. The molecule has 0 amide bonds. The number of aryl methyl sites for hydroxylation is 2. The van der Waals surface area contributed by atoms with Crippen molar-refractivity contribution in [3.05, 3.63) is 129 Å². The summed E-state index contributed by atoms with van der Waals surface area (Å²) in [4.78, 5) is 0. The Hall–Kier alpha value is -2.77. The summed E-state index contributed by atoms with van der Waals surface area (Å²) in [6.45, 7) is 14.2. The quantitative estimate of drug-likeness (QED) is 0.141. The van der Waals surface area contributed by atoms with Gasteiger partial charge >= 0.3 is 279 Å². The monoisotopic (exact) mass is 758 g/mol. The summed E-state index contributed by atoms with van der Waals surface area (Å²) in [6.07, 6.45) is 9.98. The molecule has 4 aromatic rings. The molecule has 0 N–H and O–H groups in total. The van der Waals surface area contributed by atoms with E-state index in [1.165, 1.54) is 65.7 Å². The van der Waals surface area contributed by atoms with Crippen molar-refractivity contribution in [2.75, 3.05) is 0 Å². The number of hydrogen-bond donors (Lipinski definition) is 0. The molecule has 1 heterocycles. The predicted octanol–water partition coefficient (Wildman–Crippen LogP) is 12.8. The van der Waals surface area contributed by atoms with Crippen molar-refractivity contribution in [2.45, 2.75) is 82.9 Å². The number of benzene rings is 4. The Morgan fingerprint density at radius 2 is 0.956 bits per heavy atom. The van der Waals surface area contributed by atoms with Crippen molar-refractivity contribution in [1.29, 1.82) is 0 Å². The molecule has 1 fully saturated rings. The van der Waals surface area contributed by atoms with Crippen LogP contribution in [0.5, 0.6) is 0 Å². The van der Waals surface area contributed by atoms with E-state index in [9.17, 15) is 0 Å². The van der Waals surface area contributed by atoms with Gasteiger partial charge in [0.15, 0.2) is 0 Å². The van der Waals surface area contributed by atoms with E-state index in [1.807, 2.05) is 0 Å². The molecule has 230 valence electrons. The SMILES string of the molecule is CCc1ccc(-c2cccc3c2C=C(CC(C)C)[CH]3[Hf]2([CH]3C(CC(C)C)=Cc4c(-c5ccc(CC)cc5)cccc43)[CH2][CH2]2)cc1. The molecule has 7 rings (SSSR count). The van der Waals surface area contributed by atoms with Gasteiger partial charge in [-0.1, -0.05) is 0 Å². The predicted molar refractivity (Wildman–Crippen MR) is 192 cm³/mol. The summed E-state index contributed by atoms with van der Waals surface area (Å²) in [5.41, 5.74) is 18.4. The average molecular weight is 757 g/mol. The first-order chi connectivity index (χ1) is 21.8. The minimum atomic E-state index is -2.97. The maximum absolute atomic E-state index is 2.97. The van der Waals surface area contributed by atoms with Gasteiger partial charge in [-0.15, -0.1) is 0 Å². The molecule has 3 aliphatic rings. The van der Waals surface area contributed by atoms with E-state index in [2.05, 4.69) is 139 Å². The Morgan fingerprint density at radius 1 is 0.556 bits per heavy atom. The van der Waals surface area contributed by atoms with Crippen LogP contribution in [0.3, 0.4) is 0 Å². The van der Waals surface area contributed by atoms with Crippen LogP contribution in [0, 0.1) is 11.8 Å². The Balaban J connectivity index is 1.36. The molecule has 0 spiro atoms. The Morgan fingerprint density at radius 3 is 1.29 bits per heavy atom. The molecule has 0 nitrogen and oxygen atoms in total. The summed E-state index contributed by atoms with van der Waals surface area (Å²) in [5.74, 6) is 1.34. The maximum atomic E-state index is 2.68. The van der Waals surface area contributed by atoms with Gasteiger partial charge in [-0.3, -0.25) is 0 Å². The van der Waals surface area contributed by atoms with Gasteiger partial charge in [0.25, 0.3) is 0 Å². The Kier molecular flexibility index (Phi) is 8.53. The molecule has 1 heteroatoms. The topological polar surface area (TPSA) is 0 Å². The third-order valence-electron chi connectivity index (χ3n) is 10.9. The summed E-state index contributed by atoms with van der Waals surface area (Å²) >= 11 is -2.97. The fraction of sp³-hybridized carbons (Fsp3) is 0.364. The first-order valence-corrected chi connectivity index (χ1v) is 26.9. The second-order valence-corrected chi connectivity index (χ2v) is 31.6. The van der Waals surface area contributed by atoms with Crippen LogP contribution in [-0.2, 0) is 32.8 Å². The fourth-order valence-corrected chi connectivity index (χ4v) is 36.7. The number of hydrogen-bond acceptors (Lipinski definition) is 0. The average Bonchev–Trinajstić information content (AvgIpc) is 3.60. The zero-order valence-corrected chi connectivity index (χ0v) is 31.9. The van der Waals surface area contributed by atoms with Crippen molar-refractivity contribution in [2.24, 2.45) is 11.8 Å². The Labute approximate surface area is 277 Å². The van der Waals surface area contributed by atoms with E-state index in [0.717, 1.165) is 12.8 Å². The van der Waals surface area contributed by atoms with Crippen LogP contribution in [0.25, 0.3) is 34.4 Å². The molecule has 0 bridgehead atoms. The summed E-state index contributed by atoms with van der Waals surface area (Å²) in [7, 11) is 0. The van der Waals surface area contributed by atoms with Crippen molar-refractivity contribution in [3.63, 3.8) is 0 Å². The van der Waals surface area contributed by atoms with Gasteiger partial charge < -0.3 is 0 Å². The third-order valence-corrected chi connectivity index (χ3v) is 30.0. The Bertz CT molecular complexity index is 1630. The summed E-state index contributed by atoms with van der Waals surface area (Å²) in [5, 5.41) is 0. The number of allylic oxidation sites excluding steroid dienone is 2. The molecule has 1 saturated heterocycles. The molecule has 4 aromatic carbocycles. The molecule has 0 aromatic heterocycles. The molecular weight excluding hydrogens is 707 g/mol. The second-order valence-electron chi connectivity index (χ2n) is 15.0.